The average Bonchev–Trinajstić information content (AvgIpc) is 2.68. The molecule has 0 aliphatic carbocycles. The Morgan fingerprint density at radius 3 is 2.44 bits per heavy atom. The molecule has 16 heavy (non-hydrogen) atoms. The van der Waals surface area contributed by atoms with Crippen LogP contribution in [-0.2, 0) is 5.75 Å². The highest BCUT2D eigenvalue weighted by atomic mass is 32.2. The van der Waals surface area contributed by atoms with Crippen molar-refractivity contribution in [2.75, 3.05) is 0 Å². The molecule has 0 atom stereocenters. The van der Waals surface area contributed by atoms with Crippen LogP contribution in [0.2, 0.25) is 0 Å². The van der Waals surface area contributed by atoms with Crippen LogP contribution in [0, 0.1) is 20.8 Å². The first kappa shape index (κ1) is 11.2. The zero-order valence-corrected chi connectivity index (χ0v) is 10.6. The van der Waals surface area contributed by atoms with E-state index in [4.69, 9.17) is 0 Å². The summed E-state index contributed by atoms with van der Waals surface area (Å²) in [5.41, 5.74) is 5.42. The molecule has 0 saturated carbocycles. The number of H-pyrrole nitrogens is 1. The monoisotopic (exact) mass is 233 g/mol. The van der Waals surface area contributed by atoms with Gasteiger partial charge in [-0.15, -0.1) is 0 Å². The first-order chi connectivity index (χ1) is 7.66. The van der Waals surface area contributed by atoms with E-state index in [9.17, 15) is 0 Å². The molecule has 0 unspecified atom stereocenters. The van der Waals surface area contributed by atoms with Crippen LogP contribution in [0.5, 0.6) is 0 Å². The van der Waals surface area contributed by atoms with Crippen molar-refractivity contribution in [1.82, 2.24) is 15.2 Å². The molecule has 1 aromatic heterocycles. The topological polar surface area (TPSA) is 41.6 Å². The number of rotatable bonds is 3. The third-order valence-corrected chi connectivity index (χ3v) is 3.49. The minimum Gasteiger partial charge on any atom is -0.254 e. The first-order valence-electron chi connectivity index (χ1n) is 5.21. The van der Waals surface area contributed by atoms with Gasteiger partial charge in [0.1, 0.15) is 6.33 Å². The van der Waals surface area contributed by atoms with Gasteiger partial charge in [-0.25, -0.2) is 4.98 Å². The molecule has 0 spiro atoms. The third-order valence-electron chi connectivity index (χ3n) is 2.59. The number of thioether (sulfide) groups is 1. The standard InChI is InChI=1S/C12H15N3S/c1-8-4-9(2)11(10(3)5-8)6-16-12-13-7-14-15-12/h4-5,7H,6H2,1-3H3,(H,13,14,15). The summed E-state index contributed by atoms with van der Waals surface area (Å²) in [4.78, 5) is 4.10. The van der Waals surface area contributed by atoms with Crippen molar-refractivity contribution in [2.24, 2.45) is 0 Å². The number of nitrogens with zero attached hydrogens (tertiary/aromatic N) is 2. The van der Waals surface area contributed by atoms with Gasteiger partial charge in [0.25, 0.3) is 0 Å². The third kappa shape index (κ3) is 2.44. The fourth-order valence-electron chi connectivity index (χ4n) is 1.84. The Morgan fingerprint density at radius 2 is 1.88 bits per heavy atom. The average molecular weight is 233 g/mol. The highest BCUT2D eigenvalue weighted by molar-refractivity contribution is 7.98. The predicted octanol–water partition coefficient (Wildman–Crippen LogP) is 3.02. The summed E-state index contributed by atoms with van der Waals surface area (Å²) >= 11 is 1.69. The molecule has 0 aliphatic heterocycles. The Hall–Kier alpha value is -1.29. The van der Waals surface area contributed by atoms with E-state index in [1.165, 1.54) is 28.6 Å². The van der Waals surface area contributed by atoms with E-state index in [-0.39, 0.29) is 0 Å². The van der Waals surface area contributed by atoms with Crippen LogP contribution >= 0.6 is 11.8 Å². The van der Waals surface area contributed by atoms with Crippen molar-refractivity contribution in [2.45, 2.75) is 31.7 Å². The molecule has 1 aromatic carbocycles. The fourth-order valence-corrected chi connectivity index (χ4v) is 2.82. The molecule has 0 aliphatic rings. The summed E-state index contributed by atoms with van der Waals surface area (Å²) in [5.74, 6) is 0.938. The van der Waals surface area contributed by atoms with E-state index in [1.54, 1.807) is 11.8 Å². The van der Waals surface area contributed by atoms with Crippen molar-refractivity contribution in [1.29, 1.82) is 0 Å². The number of nitrogens with one attached hydrogen (secondary N) is 1. The highest BCUT2D eigenvalue weighted by Crippen LogP contribution is 2.24. The van der Waals surface area contributed by atoms with Crippen LogP contribution in [-0.4, -0.2) is 15.2 Å². The van der Waals surface area contributed by atoms with Crippen LogP contribution in [0.25, 0.3) is 0 Å². The molecule has 0 amide bonds. The summed E-state index contributed by atoms with van der Waals surface area (Å²) in [6, 6.07) is 4.45. The number of hydrogen-bond donors (Lipinski definition) is 1. The zero-order valence-electron chi connectivity index (χ0n) is 9.74. The molecule has 0 radical (unpaired) electrons. The van der Waals surface area contributed by atoms with Crippen LogP contribution in [0.4, 0.5) is 0 Å². The predicted molar refractivity (Wildman–Crippen MR) is 66.6 cm³/mol. The Morgan fingerprint density at radius 1 is 1.19 bits per heavy atom. The lowest BCUT2D eigenvalue weighted by atomic mass is 10.0. The van der Waals surface area contributed by atoms with E-state index in [1.807, 2.05) is 0 Å². The maximum Gasteiger partial charge on any atom is 0.183 e. The van der Waals surface area contributed by atoms with Crippen LogP contribution in [0.15, 0.2) is 23.6 Å². The first-order valence-corrected chi connectivity index (χ1v) is 6.20. The van der Waals surface area contributed by atoms with Gasteiger partial charge in [-0.05, 0) is 37.5 Å². The SMILES string of the molecule is Cc1cc(C)c(CSc2ncn[nH]2)c(C)c1. The largest absolute Gasteiger partial charge is 0.254 e. The molecule has 0 fully saturated rings. The fraction of sp³-hybridized carbons (Fsp3) is 0.333. The number of aryl methyl sites for hydroxylation is 3. The minimum atomic E-state index is 0.874. The quantitative estimate of drug-likeness (QED) is 0.828. The highest BCUT2D eigenvalue weighted by Gasteiger charge is 2.05. The van der Waals surface area contributed by atoms with E-state index >= 15 is 0 Å². The van der Waals surface area contributed by atoms with E-state index < -0.39 is 0 Å². The zero-order chi connectivity index (χ0) is 11.5. The van der Waals surface area contributed by atoms with E-state index in [0.29, 0.717) is 0 Å². The van der Waals surface area contributed by atoms with Gasteiger partial charge in [0.15, 0.2) is 5.16 Å². The molecule has 4 heteroatoms. The van der Waals surface area contributed by atoms with Gasteiger partial charge in [-0.3, -0.25) is 5.10 Å². The summed E-state index contributed by atoms with van der Waals surface area (Å²) in [5, 5.41) is 7.57. The second-order valence-electron chi connectivity index (χ2n) is 3.96. The molecule has 84 valence electrons. The summed E-state index contributed by atoms with van der Waals surface area (Å²) in [7, 11) is 0. The van der Waals surface area contributed by atoms with Gasteiger partial charge in [0.2, 0.25) is 0 Å². The lowest BCUT2D eigenvalue weighted by Gasteiger charge is -2.09. The smallest absolute Gasteiger partial charge is 0.183 e. The van der Waals surface area contributed by atoms with Gasteiger partial charge < -0.3 is 0 Å². The van der Waals surface area contributed by atoms with E-state index in [0.717, 1.165) is 10.9 Å². The number of aromatic nitrogens is 3. The molecular weight excluding hydrogens is 218 g/mol. The van der Waals surface area contributed by atoms with Gasteiger partial charge >= 0.3 is 0 Å². The van der Waals surface area contributed by atoms with Gasteiger partial charge in [-0.2, -0.15) is 5.10 Å². The van der Waals surface area contributed by atoms with Gasteiger partial charge in [0, 0.05) is 5.75 Å². The van der Waals surface area contributed by atoms with Crippen molar-refractivity contribution < 1.29 is 0 Å². The number of aromatic amines is 1. The number of benzene rings is 1. The molecular formula is C12H15N3S. The van der Waals surface area contributed by atoms with Gasteiger partial charge in [0.05, 0.1) is 0 Å². The molecule has 3 nitrogen and oxygen atoms in total. The van der Waals surface area contributed by atoms with Gasteiger partial charge in [-0.1, -0.05) is 29.5 Å². The van der Waals surface area contributed by atoms with E-state index in [2.05, 4.69) is 48.1 Å². The summed E-state index contributed by atoms with van der Waals surface area (Å²) in [6.45, 7) is 6.46. The summed E-state index contributed by atoms with van der Waals surface area (Å²) < 4.78 is 0. The Bertz CT molecular complexity index is 454. The number of hydrogen-bond acceptors (Lipinski definition) is 3. The molecule has 0 bridgehead atoms. The van der Waals surface area contributed by atoms with Crippen molar-refractivity contribution >= 4 is 11.8 Å². The van der Waals surface area contributed by atoms with Crippen LogP contribution < -0.4 is 0 Å². The second kappa shape index (κ2) is 4.70. The molecule has 1 N–H and O–H groups in total. The molecule has 2 rings (SSSR count). The lowest BCUT2D eigenvalue weighted by Crippen LogP contribution is -1.93. The summed E-state index contributed by atoms with van der Waals surface area (Å²) in [6.07, 6.45) is 1.54. The maximum atomic E-state index is 4.10. The lowest BCUT2D eigenvalue weighted by molar-refractivity contribution is 0.972. The second-order valence-corrected chi connectivity index (χ2v) is 4.92. The Labute approximate surface area is 99.7 Å². The maximum absolute atomic E-state index is 4.10. The minimum absolute atomic E-state index is 0.874. The molecule has 2 aromatic rings. The normalized spacial score (nSPS) is 10.7. The Balaban J connectivity index is 2.15. The van der Waals surface area contributed by atoms with Crippen molar-refractivity contribution in [3.63, 3.8) is 0 Å². The molecule has 0 saturated heterocycles. The Kier molecular flexibility index (Phi) is 3.29. The molecule has 1 heterocycles. The van der Waals surface area contributed by atoms with Crippen molar-refractivity contribution in [3.05, 3.63) is 40.7 Å². The van der Waals surface area contributed by atoms with Crippen molar-refractivity contribution in [3.8, 4) is 0 Å². The van der Waals surface area contributed by atoms with Crippen LogP contribution in [0.1, 0.15) is 22.3 Å². The van der Waals surface area contributed by atoms with Crippen LogP contribution in [0.3, 0.4) is 0 Å².